The molecule has 3 aliphatic rings. The molecule has 15 heteroatoms. The van der Waals surface area contributed by atoms with Gasteiger partial charge in [0.15, 0.2) is 17.4 Å². The van der Waals surface area contributed by atoms with E-state index in [1.54, 1.807) is 6.07 Å². The van der Waals surface area contributed by atoms with Gasteiger partial charge in [0.05, 0.1) is 25.5 Å². The molecule has 13 nitrogen and oxygen atoms in total. The van der Waals surface area contributed by atoms with Gasteiger partial charge in [0.25, 0.3) is 0 Å². The van der Waals surface area contributed by atoms with Gasteiger partial charge >= 0.3 is 7.60 Å². The lowest BCUT2D eigenvalue weighted by Crippen LogP contribution is -2.53. The van der Waals surface area contributed by atoms with Crippen molar-refractivity contribution in [2.45, 2.75) is 61.6 Å². The minimum Gasteiger partial charge on any atom is -0.387 e. The normalized spacial score (nSPS) is 30.1. The van der Waals surface area contributed by atoms with Crippen LogP contribution in [0.2, 0.25) is 5.15 Å². The smallest absolute Gasteiger partial charge is 0.361 e. The first-order valence-corrected chi connectivity index (χ1v) is 12.6. The predicted molar refractivity (Wildman–Crippen MR) is 114 cm³/mol. The number of aliphatic hydroxyl groups is 2. The number of hydrogen-bond acceptors (Lipinski definition) is 10. The van der Waals surface area contributed by atoms with E-state index < -0.39 is 37.5 Å². The average molecular weight is 506 g/mol. The summed E-state index contributed by atoms with van der Waals surface area (Å²) in [6.45, 7) is -0.934. The molecule has 3 fully saturated rings. The van der Waals surface area contributed by atoms with E-state index in [9.17, 15) is 24.6 Å². The molecule has 2 aromatic rings. The van der Waals surface area contributed by atoms with Crippen LogP contribution >= 0.6 is 19.2 Å². The summed E-state index contributed by atoms with van der Waals surface area (Å²) in [7, 11) is -4.62. The maximum Gasteiger partial charge on any atom is 0.361 e. The molecule has 2 aromatic heterocycles. The molecule has 5 N–H and O–H groups in total. The van der Waals surface area contributed by atoms with Crippen molar-refractivity contribution >= 4 is 36.0 Å². The van der Waals surface area contributed by atoms with Crippen LogP contribution in [0.1, 0.15) is 31.9 Å². The maximum absolute atomic E-state index is 11.8. The Morgan fingerprint density at radius 3 is 2.64 bits per heavy atom. The molecule has 0 amide bonds. The fourth-order valence-corrected chi connectivity index (χ4v) is 5.33. The standard InChI is InChI=1S/C18H25ClN5O8P/c19-12-5-10(20-9-3-1-2-4-9)13-16(21-12)24(23-22-13)17-15(26)14(25)11(32-17)6-31-18(7-30-8-18)33(27,28)29/h5,9,11,14-15,17,25-26H,1-4,6-8H2,(H,20,21)(H2,27,28,29)/t11-,14-,15-,17-/m1/s1. The lowest BCUT2D eigenvalue weighted by atomic mass is 10.1. The van der Waals surface area contributed by atoms with Gasteiger partial charge in [-0.3, -0.25) is 4.57 Å². The van der Waals surface area contributed by atoms with Gasteiger partial charge in [0.2, 0.25) is 5.34 Å². The third kappa shape index (κ3) is 4.15. The highest BCUT2D eigenvalue weighted by molar-refractivity contribution is 7.53. The summed E-state index contributed by atoms with van der Waals surface area (Å²) < 4.78 is 29.1. The Morgan fingerprint density at radius 2 is 2.00 bits per heavy atom. The lowest BCUT2D eigenvalue weighted by Gasteiger charge is -2.41. The average Bonchev–Trinajstić information content (AvgIpc) is 3.42. The highest BCUT2D eigenvalue weighted by Crippen LogP contribution is 2.55. The van der Waals surface area contributed by atoms with E-state index >= 15 is 0 Å². The molecule has 0 spiro atoms. The van der Waals surface area contributed by atoms with Gasteiger partial charge in [-0.1, -0.05) is 29.7 Å². The number of rotatable bonds is 7. The number of hydrogen-bond donors (Lipinski definition) is 5. The summed E-state index contributed by atoms with van der Waals surface area (Å²) in [6.07, 6.45) is -0.699. The van der Waals surface area contributed by atoms with Crippen molar-refractivity contribution in [2.75, 3.05) is 25.1 Å². The van der Waals surface area contributed by atoms with Crippen LogP contribution in [-0.2, 0) is 18.8 Å². The monoisotopic (exact) mass is 505 g/mol. The second-order valence-electron chi connectivity index (χ2n) is 8.66. The molecule has 0 radical (unpaired) electrons. The van der Waals surface area contributed by atoms with Crippen molar-refractivity contribution < 1.29 is 38.8 Å². The predicted octanol–water partition coefficient (Wildman–Crippen LogP) is 0.374. The molecular weight excluding hydrogens is 481 g/mol. The molecular formula is C18H25ClN5O8P. The number of fused-ring (bicyclic) bond motifs is 1. The molecule has 0 bridgehead atoms. The number of halogens is 1. The van der Waals surface area contributed by atoms with Crippen molar-refractivity contribution in [1.82, 2.24) is 20.0 Å². The van der Waals surface area contributed by atoms with E-state index in [2.05, 4.69) is 20.6 Å². The van der Waals surface area contributed by atoms with Crippen LogP contribution in [0.5, 0.6) is 0 Å². The van der Waals surface area contributed by atoms with Gasteiger partial charge in [-0.2, -0.15) is 4.68 Å². The fraction of sp³-hybridized carbons (Fsp3) is 0.722. The van der Waals surface area contributed by atoms with Crippen LogP contribution < -0.4 is 5.32 Å². The molecule has 0 aromatic carbocycles. The highest BCUT2D eigenvalue weighted by Gasteiger charge is 2.56. The maximum atomic E-state index is 11.8. The SMILES string of the molecule is O=P(O)(O)C1(OC[C@H]2O[C@@H](n3nnc4c(NC5CCCC5)cc(Cl)nc43)[C@H](O)[C@@H]2O)COC1. The summed E-state index contributed by atoms with van der Waals surface area (Å²) in [6, 6.07) is 1.96. The van der Waals surface area contributed by atoms with Crippen LogP contribution in [0.15, 0.2) is 6.07 Å². The van der Waals surface area contributed by atoms with E-state index in [1.807, 2.05) is 0 Å². The Morgan fingerprint density at radius 1 is 1.27 bits per heavy atom. The number of pyridine rings is 1. The van der Waals surface area contributed by atoms with Crippen molar-refractivity contribution in [2.24, 2.45) is 0 Å². The van der Waals surface area contributed by atoms with Crippen LogP contribution in [0.4, 0.5) is 5.69 Å². The first-order chi connectivity index (χ1) is 15.7. The zero-order valence-electron chi connectivity index (χ0n) is 17.4. The van der Waals surface area contributed by atoms with E-state index in [1.165, 1.54) is 4.68 Å². The Kier molecular flexibility index (Phi) is 6.13. The van der Waals surface area contributed by atoms with Crippen molar-refractivity contribution in [3.63, 3.8) is 0 Å². The molecule has 4 heterocycles. The van der Waals surface area contributed by atoms with Gasteiger partial charge in [-0.05, 0) is 12.8 Å². The largest absolute Gasteiger partial charge is 0.387 e. The number of nitrogens with one attached hydrogen (secondary N) is 1. The number of aliphatic hydroxyl groups excluding tert-OH is 2. The van der Waals surface area contributed by atoms with Crippen molar-refractivity contribution in [3.8, 4) is 0 Å². The summed E-state index contributed by atoms with van der Waals surface area (Å²) in [5, 5.41) is 31.2. The van der Waals surface area contributed by atoms with Crippen molar-refractivity contribution in [3.05, 3.63) is 11.2 Å². The Labute approximate surface area is 193 Å². The van der Waals surface area contributed by atoms with Gasteiger partial charge in [-0.15, -0.1) is 5.10 Å². The lowest BCUT2D eigenvalue weighted by molar-refractivity contribution is -0.189. The van der Waals surface area contributed by atoms with Gasteiger partial charge < -0.3 is 39.5 Å². The number of anilines is 1. The number of aromatic nitrogens is 4. The van der Waals surface area contributed by atoms with E-state index in [0.29, 0.717) is 17.2 Å². The van der Waals surface area contributed by atoms with Gasteiger partial charge in [0, 0.05) is 12.1 Å². The minimum atomic E-state index is -4.62. The van der Waals surface area contributed by atoms with Crippen LogP contribution in [0.3, 0.4) is 0 Å². The first-order valence-electron chi connectivity index (χ1n) is 10.7. The molecule has 182 valence electrons. The third-order valence-electron chi connectivity index (χ3n) is 6.40. The number of ether oxygens (including phenoxy) is 3. The summed E-state index contributed by atoms with van der Waals surface area (Å²) in [5.41, 5.74) is 1.38. The summed E-state index contributed by atoms with van der Waals surface area (Å²) >= 11 is 6.23. The highest BCUT2D eigenvalue weighted by atomic mass is 35.5. The third-order valence-corrected chi connectivity index (χ3v) is 8.04. The Hall–Kier alpha value is -1.41. The quantitative estimate of drug-likeness (QED) is 0.258. The molecule has 4 atom stereocenters. The van der Waals surface area contributed by atoms with E-state index in [0.717, 1.165) is 25.7 Å². The molecule has 2 aliphatic heterocycles. The van der Waals surface area contributed by atoms with Gasteiger partial charge in [-0.25, -0.2) is 4.98 Å². The molecule has 2 saturated heterocycles. The Balaban J connectivity index is 1.36. The number of nitrogens with zero attached hydrogens (tertiary/aromatic N) is 4. The van der Waals surface area contributed by atoms with E-state index in [4.69, 9.17) is 25.8 Å². The molecule has 0 unspecified atom stereocenters. The zero-order valence-corrected chi connectivity index (χ0v) is 19.1. The van der Waals surface area contributed by atoms with Crippen molar-refractivity contribution in [1.29, 1.82) is 0 Å². The topological polar surface area (TPSA) is 181 Å². The zero-order chi connectivity index (χ0) is 23.4. The van der Waals surface area contributed by atoms with Crippen LogP contribution in [0.25, 0.3) is 11.2 Å². The summed E-state index contributed by atoms with van der Waals surface area (Å²) in [4.78, 5) is 23.4. The van der Waals surface area contributed by atoms with Crippen LogP contribution in [-0.4, -0.2) is 89.5 Å². The first kappa shape index (κ1) is 23.3. The Bertz CT molecular complexity index is 1070. The minimum absolute atomic E-state index is 0.202. The van der Waals surface area contributed by atoms with Gasteiger partial charge in [0.1, 0.15) is 23.5 Å². The summed E-state index contributed by atoms with van der Waals surface area (Å²) in [5.74, 6) is 0. The molecule has 1 aliphatic carbocycles. The second kappa shape index (κ2) is 8.67. The molecule has 1 saturated carbocycles. The molecule has 5 rings (SSSR count). The second-order valence-corrected chi connectivity index (χ2v) is 11.0. The van der Waals surface area contributed by atoms with Crippen LogP contribution in [0, 0.1) is 0 Å². The van der Waals surface area contributed by atoms with E-state index in [-0.39, 0.29) is 30.6 Å². The molecule has 33 heavy (non-hydrogen) atoms. The fourth-order valence-electron chi connectivity index (χ4n) is 4.38.